The fourth-order valence-electron chi connectivity index (χ4n) is 4.06. The Morgan fingerprint density at radius 1 is 1.07 bits per heavy atom. The first-order valence-electron chi connectivity index (χ1n) is 10.4. The predicted molar refractivity (Wildman–Crippen MR) is 112 cm³/mol. The molecule has 1 N–H and O–H groups in total. The molecule has 0 aliphatic heterocycles. The topological polar surface area (TPSA) is 68.0 Å². The summed E-state index contributed by atoms with van der Waals surface area (Å²) in [6, 6.07) is 18.3. The van der Waals surface area contributed by atoms with Crippen LogP contribution in [0.1, 0.15) is 55.2 Å². The van der Waals surface area contributed by atoms with E-state index >= 15 is 0 Å². The van der Waals surface area contributed by atoms with Crippen molar-refractivity contribution >= 4 is 5.91 Å². The van der Waals surface area contributed by atoms with Gasteiger partial charge in [-0.3, -0.25) is 4.79 Å². The van der Waals surface area contributed by atoms with E-state index in [0.29, 0.717) is 30.5 Å². The second-order valence-electron chi connectivity index (χ2n) is 7.87. The maximum atomic E-state index is 12.7. The minimum Gasteiger partial charge on any atom is -0.421 e. The monoisotopic (exact) mass is 389 g/mol. The van der Waals surface area contributed by atoms with Crippen LogP contribution in [0.2, 0.25) is 0 Å². The van der Waals surface area contributed by atoms with E-state index in [1.807, 2.05) is 49.4 Å². The van der Waals surface area contributed by atoms with Crippen molar-refractivity contribution in [2.75, 3.05) is 0 Å². The van der Waals surface area contributed by atoms with Crippen LogP contribution in [0.25, 0.3) is 11.5 Å². The molecule has 1 heterocycles. The van der Waals surface area contributed by atoms with Crippen LogP contribution in [0.5, 0.6) is 0 Å². The minimum atomic E-state index is 0.0286. The molecule has 0 saturated heterocycles. The highest BCUT2D eigenvalue weighted by Crippen LogP contribution is 2.35. The standard InChI is InChI=1S/C24H27N3O2/c1-17-11-13-20(14-12-17)24-27-26-22(29-24)16-15-21(28)25-23(19-9-5-6-10-19)18-7-3-2-4-8-18/h2-4,7-8,11-14,19,23H,5-6,9-10,15-16H2,1H3,(H,25,28). The molecule has 5 heteroatoms. The summed E-state index contributed by atoms with van der Waals surface area (Å²) in [5.41, 5.74) is 3.26. The zero-order valence-corrected chi connectivity index (χ0v) is 16.8. The van der Waals surface area contributed by atoms with Gasteiger partial charge in [-0.15, -0.1) is 10.2 Å². The van der Waals surface area contributed by atoms with Gasteiger partial charge in [-0.1, -0.05) is 60.9 Å². The first-order chi connectivity index (χ1) is 14.2. The number of carbonyl (C=O) groups is 1. The van der Waals surface area contributed by atoms with Crippen molar-refractivity contribution in [2.45, 2.75) is 51.5 Å². The number of aromatic nitrogens is 2. The molecule has 150 valence electrons. The van der Waals surface area contributed by atoms with E-state index in [9.17, 15) is 4.79 Å². The molecule has 1 aromatic heterocycles. The quantitative estimate of drug-likeness (QED) is 0.616. The van der Waals surface area contributed by atoms with Crippen molar-refractivity contribution in [1.29, 1.82) is 0 Å². The van der Waals surface area contributed by atoms with Crippen molar-refractivity contribution in [3.63, 3.8) is 0 Å². The lowest BCUT2D eigenvalue weighted by Crippen LogP contribution is -2.32. The van der Waals surface area contributed by atoms with Gasteiger partial charge in [0, 0.05) is 18.4 Å². The Morgan fingerprint density at radius 2 is 1.79 bits per heavy atom. The van der Waals surface area contributed by atoms with Crippen molar-refractivity contribution in [3.8, 4) is 11.5 Å². The van der Waals surface area contributed by atoms with E-state index in [2.05, 4.69) is 27.6 Å². The molecule has 0 radical (unpaired) electrons. The highest BCUT2D eigenvalue weighted by Gasteiger charge is 2.27. The van der Waals surface area contributed by atoms with Crippen LogP contribution in [-0.2, 0) is 11.2 Å². The molecule has 1 amide bonds. The Labute approximate surface area is 171 Å². The molecule has 4 rings (SSSR count). The van der Waals surface area contributed by atoms with Crippen LogP contribution in [0.3, 0.4) is 0 Å². The Kier molecular flexibility index (Phi) is 6.03. The summed E-state index contributed by atoms with van der Waals surface area (Å²) in [5.74, 6) is 1.53. The van der Waals surface area contributed by atoms with Crippen LogP contribution in [0.15, 0.2) is 59.0 Å². The Hall–Kier alpha value is -2.95. The van der Waals surface area contributed by atoms with E-state index < -0.39 is 0 Å². The van der Waals surface area contributed by atoms with Crippen LogP contribution < -0.4 is 5.32 Å². The number of carbonyl (C=O) groups excluding carboxylic acids is 1. The lowest BCUT2D eigenvalue weighted by molar-refractivity contribution is -0.122. The van der Waals surface area contributed by atoms with Gasteiger partial charge in [0.15, 0.2) is 0 Å². The van der Waals surface area contributed by atoms with E-state index in [0.717, 1.165) is 5.56 Å². The molecular weight excluding hydrogens is 362 g/mol. The number of hydrogen-bond acceptors (Lipinski definition) is 4. The van der Waals surface area contributed by atoms with Crippen molar-refractivity contribution < 1.29 is 9.21 Å². The SMILES string of the molecule is Cc1ccc(-c2nnc(CCC(=O)NC(c3ccccc3)C3CCCC3)o2)cc1. The molecule has 1 saturated carbocycles. The summed E-state index contributed by atoms with van der Waals surface area (Å²) in [5, 5.41) is 11.5. The van der Waals surface area contributed by atoms with E-state index in [1.54, 1.807) is 0 Å². The molecule has 1 fully saturated rings. The zero-order chi connectivity index (χ0) is 20.1. The number of rotatable bonds is 7. The molecule has 29 heavy (non-hydrogen) atoms. The first-order valence-corrected chi connectivity index (χ1v) is 10.4. The van der Waals surface area contributed by atoms with Gasteiger partial charge in [0.25, 0.3) is 0 Å². The normalized spacial score (nSPS) is 15.3. The van der Waals surface area contributed by atoms with Gasteiger partial charge in [-0.2, -0.15) is 0 Å². The molecule has 3 aromatic rings. The van der Waals surface area contributed by atoms with Gasteiger partial charge in [-0.25, -0.2) is 0 Å². The largest absolute Gasteiger partial charge is 0.421 e. The summed E-state index contributed by atoms with van der Waals surface area (Å²) in [7, 11) is 0. The van der Waals surface area contributed by atoms with Crippen molar-refractivity contribution in [3.05, 3.63) is 71.6 Å². The third-order valence-corrected chi connectivity index (χ3v) is 5.68. The first kappa shape index (κ1) is 19.4. The lowest BCUT2D eigenvalue weighted by atomic mass is 9.91. The van der Waals surface area contributed by atoms with Gasteiger partial charge in [0.2, 0.25) is 17.7 Å². The fourth-order valence-corrected chi connectivity index (χ4v) is 4.06. The molecule has 1 aliphatic rings. The third kappa shape index (κ3) is 4.91. The van der Waals surface area contributed by atoms with E-state index in [4.69, 9.17) is 4.42 Å². The highest BCUT2D eigenvalue weighted by molar-refractivity contribution is 5.76. The van der Waals surface area contributed by atoms with Gasteiger partial charge in [0.1, 0.15) is 0 Å². The summed E-state index contributed by atoms with van der Waals surface area (Å²) in [6.07, 6.45) is 5.61. The summed E-state index contributed by atoms with van der Waals surface area (Å²) in [4.78, 5) is 12.7. The molecule has 5 nitrogen and oxygen atoms in total. The second-order valence-corrected chi connectivity index (χ2v) is 7.87. The average Bonchev–Trinajstić information content (AvgIpc) is 3.44. The maximum absolute atomic E-state index is 12.7. The van der Waals surface area contributed by atoms with Gasteiger partial charge >= 0.3 is 0 Å². The Morgan fingerprint density at radius 3 is 2.52 bits per heavy atom. The number of nitrogens with zero attached hydrogens (tertiary/aromatic N) is 2. The smallest absolute Gasteiger partial charge is 0.247 e. The van der Waals surface area contributed by atoms with E-state index in [1.165, 1.54) is 36.8 Å². The van der Waals surface area contributed by atoms with Crippen LogP contribution in [0.4, 0.5) is 0 Å². The Balaban J connectivity index is 1.37. The van der Waals surface area contributed by atoms with Gasteiger partial charge in [0.05, 0.1) is 6.04 Å². The molecule has 1 aliphatic carbocycles. The number of aryl methyl sites for hydroxylation is 2. The lowest BCUT2D eigenvalue weighted by Gasteiger charge is -2.25. The van der Waals surface area contributed by atoms with Gasteiger partial charge < -0.3 is 9.73 Å². The Bertz CT molecular complexity index is 928. The van der Waals surface area contributed by atoms with Crippen LogP contribution in [-0.4, -0.2) is 16.1 Å². The molecule has 0 spiro atoms. The highest BCUT2D eigenvalue weighted by atomic mass is 16.4. The molecule has 2 aromatic carbocycles. The molecule has 1 unspecified atom stereocenters. The van der Waals surface area contributed by atoms with Crippen molar-refractivity contribution in [1.82, 2.24) is 15.5 Å². The number of nitrogens with one attached hydrogen (secondary N) is 1. The summed E-state index contributed by atoms with van der Waals surface area (Å²) < 4.78 is 5.75. The molecule has 0 bridgehead atoms. The number of hydrogen-bond donors (Lipinski definition) is 1. The fraction of sp³-hybridized carbons (Fsp3) is 0.375. The van der Waals surface area contributed by atoms with Crippen LogP contribution in [0, 0.1) is 12.8 Å². The third-order valence-electron chi connectivity index (χ3n) is 5.68. The number of benzene rings is 2. The summed E-state index contributed by atoms with van der Waals surface area (Å²) in [6.45, 7) is 2.04. The van der Waals surface area contributed by atoms with Crippen LogP contribution >= 0.6 is 0 Å². The molecular formula is C24H27N3O2. The van der Waals surface area contributed by atoms with Crippen molar-refractivity contribution in [2.24, 2.45) is 5.92 Å². The van der Waals surface area contributed by atoms with E-state index in [-0.39, 0.29) is 11.9 Å². The number of amides is 1. The second kappa shape index (κ2) is 9.03. The van der Waals surface area contributed by atoms with Gasteiger partial charge in [-0.05, 0) is 43.4 Å². The molecule has 1 atom stereocenters. The average molecular weight is 389 g/mol. The summed E-state index contributed by atoms with van der Waals surface area (Å²) >= 11 is 0. The minimum absolute atomic E-state index is 0.0286. The zero-order valence-electron chi connectivity index (χ0n) is 16.8. The maximum Gasteiger partial charge on any atom is 0.247 e. The predicted octanol–water partition coefficient (Wildman–Crippen LogP) is 5.03.